The zero-order valence-electron chi connectivity index (χ0n) is 32.8. The van der Waals surface area contributed by atoms with Gasteiger partial charge in [-0.05, 0) is 65.6 Å². The van der Waals surface area contributed by atoms with Gasteiger partial charge in [-0.2, -0.15) is 0 Å². The number of aromatic nitrogens is 2. The molecule has 1 aliphatic heterocycles. The largest absolute Gasteiger partial charge is 0.495 e. The molecule has 2 aliphatic carbocycles. The number of carboxylic acid groups (broad SMARTS) is 1. The molecule has 3 aliphatic rings. The predicted octanol–water partition coefficient (Wildman–Crippen LogP) is 6.30. The number of hydrogen-bond acceptors (Lipinski definition) is 11. The number of carbonyl (C=O) groups is 5. The minimum Gasteiger partial charge on any atom is -0.495 e. The Morgan fingerprint density at radius 2 is 1.81 bits per heavy atom. The maximum atomic E-state index is 14.6. The summed E-state index contributed by atoms with van der Waals surface area (Å²) < 4.78 is 18.5. The van der Waals surface area contributed by atoms with E-state index >= 15 is 0 Å². The maximum absolute atomic E-state index is 14.6. The number of fused-ring (bicyclic) bond motifs is 1. The number of methoxy groups -OCH3 is 1. The van der Waals surface area contributed by atoms with Gasteiger partial charge in [0.1, 0.15) is 47.0 Å². The number of hydrogen-bond donors (Lipinski definition) is 4. The second-order valence-electron chi connectivity index (χ2n) is 16.2. The summed E-state index contributed by atoms with van der Waals surface area (Å²) in [5, 5.41) is 21.2. The molecule has 3 heterocycles. The van der Waals surface area contributed by atoms with Crippen molar-refractivity contribution in [2.24, 2.45) is 17.3 Å². The number of pyridine rings is 1. The molecule has 2 unspecified atom stereocenters. The van der Waals surface area contributed by atoms with Gasteiger partial charge in [0.15, 0.2) is 5.13 Å². The SMILES string of the molecule is C=CC1C[C@]1(NC(=O)C1C[C@@H](Oc2cc(-c3csc(NC(=O)C(C)C)n3)nc3c(Br)c(OC)ccc23)CN1C(=O)[C@@H](NC(=O)OC1CCCC1)C(C)(C)C)C(=O)O. The van der Waals surface area contributed by atoms with Crippen LogP contribution in [0.1, 0.15) is 73.1 Å². The number of carboxylic acids is 1. The Kier molecular flexibility index (Phi) is 12.2. The first-order valence-electron chi connectivity index (χ1n) is 19.0. The second-order valence-corrected chi connectivity index (χ2v) is 17.9. The van der Waals surface area contributed by atoms with Crippen LogP contribution in [-0.2, 0) is 23.9 Å². The topological polar surface area (TPSA) is 198 Å². The van der Waals surface area contributed by atoms with Gasteiger partial charge in [-0.15, -0.1) is 17.9 Å². The lowest BCUT2D eigenvalue weighted by molar-refractivity contribution is -0.146. The van der Waals surface area contributed by atoms with Crippen LogP contribution in [0.25, 0.3) is 22.3 Å². The number of nitrogens with one attached hydrogen (secondary N) is 3. The van der Waals surface area contributed by atoms with E-state index in [0.29, 0.717) is 43.4 Å². The van der Waals surface area contributed by atoms with E-state index in [4.69, 9.17) is 19.2 Å². The third kappa shape index (κ3) is 8.88. The van der Waals surface area contributed by atoms with Gasteiger partial charge in [0.05, 0.1) is 29.3 Å². The average molecular weight is 870 g/mol. The number of thiazole rings is 1. The summed E-state index contributed by atoms with van der Waals surface area (Å²) in [6.07, 6.45) is 3.37. The minimum atomic E-state index is -1.54. The summed E-state index contributed by atoms with van der Waals surface area (Å²) >= 11 is 4.87. The normalized spacial score (nSPS) is 22.5. The quantitative estimate of drug-likeness (QED) is 0.141. The fourth-order valence-electron chi connectivity index (χ4n) is 7.29. The Morgan fingerprint density at radius 3 is 2.42 bits per heavy atom. The molecular formula is C40H49BrN6O9S. The van der Waals surface area contributed by atoms with Crippen molar-refractivity contribution in [3.63, 3.8) is 0 Å². The highest BCUT2D eigenvalue weighted by Crippen LogP contribution is 2.45. The van der Waals surface area contributed by atoms with Crippen molar-refractivity contribution in [1.82, 2.24) is 25.5 Å². The number of alkyl carbamates (subject to hydrolysis) is 1. The summed E-state index contributed by atoms with van der Waals surface area (Å²) in [7, 11) is 1.54. The summed E-state index contributed by atoms with van der Waals surface area (Å²) in [4.78, 5) is 77.5. The summed E-state index contributed by atoms with van der Waals surface area (Å²) in [6, 6.07) is 3.01. The molecular weight excluding hydrogens is 820 g/mol. The Hall–Kier alpha value is -4.77. The van der Waals surface area contributed by atoms with Crippen molar-refractivity contribution >= 4 is 73.1 Å². The van der Waals surface area contributed by atoms with Gasteiger partial charge < -0.3 is 40.2 Å². The van der Waals surface area contributed by atoms with E-state index in [1.807, 2.05) is 0 Å². The van der Waals surface area contributed by atoms with E-state index < -0.39 is 58.9 Å². The molecule has 15 nitrogen and oxygen atoms in total. The number of likely N-dealkylation sites (tertiary alicyclic amines) is 1. The molecule has 57 heavy (non-hydrogen) atoms. The fraction of sp³-hybridized carbons (Fsp3) is 0.525. The Balaban J connectivity index is 1.34. The van der Waals surface area contributed by atoms with Crippen LogP contribution in [0, 0.1) is 17.3 Å². The number of anilines is 1. The summed E-state index contributed by atoms with van der Waals surface area (Å²) in [5.41, 5.74) is -0.945. The van der Waals surface area contributed by atoms with Crippen molar-refractivity contribution in [1.29, 1.82) is 0 Å². The second kappa shape index (κ2) is 16.6. The molecule has 306 valence electrons. The van der Waals surface area contributed by atoms with Crippen molar-refractivity contribution in [3.05, 3.63) is 40.7 Å². The van der Waals surface area contributed by atoms with E-state index in [-0.39, 0.29) is 37.3 Å². The van der Waals surface area contributed by atoms with Crippen molar-refractivity contribution in [2.45, 2.75) is 103 Å². The van der Waals surface area contributed by atoms with Gasteiger partial charge in [0, 0.05) is 35.1 Å². The van der Waals surface area contributed by atoms with Crippen molar-refractivity contribution < 1.29 is 43.3 Å². The number of ether oxygens (including phenoxy) is 3. The number of carbonyl (C=O) groups excluding carboxylic acids is 4. The molecule has 2 aromatic heterocycles. The van der Waals surface area contributed by atoms with Crippen molar-refractivity contribution in [3.8, 4) is 22.9 Å². The summed E-state index contributed by atoms with van der Waals surface area (Å²) in [6.45, 7) is 12.6. The van der Waals surface area contributed by atoms with Crippen LogP contribution in [0.2, 0.25) is 0 Å². The van der Waals surface area contributed by atoms with Crippen LogP contribution in [0.4, 0.5) is 9.93 Å². The zero-order chi connectivity index (χ0) is 41.4. The maximum Gasteiger partial charge on any atom is 0.408 e. The molecule has 2 saturated carbocycles. The Labute approximate surface area is 343 Å². The van der Waals surface area contributed by atoms with E-state index in [9.17, 15) is 29.1 Å². The van der Waals surface area contributed by atoms with Crippen LogP contribution < -0.4 is 25.4 Å². The van der Waals surface area contributed by atoms with Gasteiger partial charge >= 0.3 is 12.1 Å². The molecule has 1 saturated heterocycles. The van der Waals surface area contributed by atoms with Crippen LogP contribution in [0.15, 0.2) is 40.7 Å². The zero-order valence-corrected chi connectivity index (χ0v) is 35.3. The first kappa shape index (κ1) is 41.9. The van der Waals surface area contributed by atoms with Crippen LogP contribution in [-0.4, -0.2) is 93.2 Å². The first-order valence-corrected chi connectivity index (χ1v) is 20.7. The van der Waals surface area contributed by atoms with Crippen LogP contribution in [0.5, 0.6) is 11.5 Å². The highest BCUT2D eigenvalue weighted by molar-refractivity contribution is 9.10. The standard InChI is InChI=1S/C40H49BrN6O9S/c1-8-21-17-40(21,36(51)52)46-34(49)27-15-23(18-47(27)35(50)32(39(4,5)6)44-38(53)56-22-11-9-10-12-22)55-29-16-25(26-19-57-37(43-26)45-33(48)20(2)3)42-31-24(29)13-14-28(54-7)30(31)41/h8,13-14,16,19-23,27,32H,1,9-12,15,17-18H2,2-7H3,(H,44,53)(H,46,49)(H,51,52)(H,43,45,48)/t21?,23-,27?,32-,40-/m1/s1. The molecule has 5 atom stereocenters. The number of benzene rings is 1. The molecule has 3 fully saturated rings. The van der Waals surface area contributed by atoms with E-state index in [2.05, 4.69) is 43.4 Å². The van der Waals surface area contributed by atoms with Crippen LogP contribution in [0.3, 0.4) is 0 Å². The number of aliphatic carboxylic acids is 1. The molecule has 4 amide bonds. The molecule has 0 bridgehead atoms. The van der Waals surface area contributed by atoms with E-state index in [1.54, 1.807) is 58.2 Å². The van der Waals surface area contributed by atoms with E-state index in [1.165, 1.54) is 29.4 Å². The lowest BCUT2D eigenvalue weighted by Gasteiger charge is -2.35. The lowest BCUT2D eigenvalue weighted by atomic mass is 9.85. The number of nitrogens with zero attached hydrogens (tertiary/aromatic N) is 3. The minimum absolute atomic E-state index is 0.00791. The molecule has 3 aromatic rings. The smallest absolute Gasteiger partial charge is 0.408 e. The third-order valence-corrected chi connectivity index (χ3v) is 12.2. The van der Waals surface area contributed by atoms with Gasteiger partial charge in [-0.1, -0.05) is 40.7 Å². The molecule has 6 rings (SSSR count). The number of amides is 4. The van der Waals surface area contributed by atoms with E-state index in [0.717, 1.165) is 25.7 Å². The Morgan fingerprint density at radius 1 is 1.09 bits per heavy atom. The number of halogens is 1. The van der Waals surface area contributed by atoms with Crippen LogP contribution >= 0.6 is 27.3 Å². The van der Waals surface area contributed by atoms with Gasteiger partial charge in [-0.3, -0.25) is 14.4 Å². The predicted molar refractivity (Wildman–Crippen MR) is 217 cm³/mol. The lowest BCUT2D eigenvalue weighted by Crippen LogP contribution is -2.59. The third-order valence-electron chi connectivity index (χ3n) is 10.7. The Bertz CT molecular complexity index is 2080. The van der Waals surface area contributed by atoms with Crippen molar-refractivity contribution in [2.75, 3.05) is 19.0 Å². The highest BCUT2D eigenvalue weighted by atomic mass is 79.9. The molecule has 0 spiro atoms. The van der Waals surface area contributed by atoms with Gasteiger partial charge in [-0.25, -0.2) is 19.6 Å². The molecule has 4 N–H and O–H groups in total. The fourth-order valence-corrected chi connectivity index (χ4v) is 8.59. The van der Waals surface area contributed by atoms with Gasteiger partial charge in [0.2, 0.25) is 17.7 Å². The highest BCUT2D eigenvalue weighted by Gasteiger charge is 2.61. The summed E-state index contributed by atoms with van der Waals surface area (Å²) in [5.74, 6) is -2.40. The molecule has 17 heteroatoms. The first-order chi connectivity index (χ1) is 26.9. The molecule has 1 aromatic carbocycles. The number of rotatable bonds is 13. The monoisotopic (exact) mass is 868 g/mol. The van der Waals surface area contributed by atoms with Gasteiger partial charge in [0.25, 0.3) is 0 Å². The average Bonchev–Trinajstić information content (AvgIpc) is 3.57. The molecule has 0 radical (unpaired) electrons.